The van der Waals surface area contributed by atoms with E-state index in [0.29, 0.717) is 28.8 Å². The highest BCUT2D eigenvalue weighted by atomic mass is 35.5. The number of hydrogen-bond donors (Lipinski definition) is 2. The van der Waals surface area contributed by atoms with E-state index in [4.69, 9.17) is 16.3 Å². The summed E-state index contributed by atoms with van der Waals surface area (Å²) >= 11 is 6.12. The second kappa shape index (κ2) is 6.12. The summed E-state index contributed by atoms with van der Waals surface area (Å²) in [5, 5.41) is 4.34. The van der Waals surface area contributed by atoms with Crippen molar-refractivity contribution in [1.29, 1.82) is 0 Å². The van der Waals surface area contributed by atoms with Crippen LogP contribution in [0.4, 0.5) is 5.69 Å². The summed E-state index contributed by atoms with van der Waals surface area (Å²) in [6.07, 6.45) is 0. The van der Waals surface area contributed by atoms with Gasteiger partial charge in [0.1, 0.15) is 11.4 Å². The molecule has 0 atom stereocenters. The number of amides is 1. The Bertz CT molecular complexity index is 826. The highest BCUT2D eigenvalue weighted by Gasteiger charge is 2.13. The Hall–Kier alpha value is -2.46. The summed E-state index contributed by atoms with van der Waals surface area (Å²) in [4.78, 5) is 15.5. The first-order chi connectivity index (χ1) is 10.7. The van der Waals surface area contributed by atoms with Crippen LogP contribution in [0.1, 0.15) is 17.4 Å². The first kappa shape index (κ1) is 14.5. The van der Waals surface area contributed by atoms with Crippen LogP contribution in [0.25, 0.3) is 10.9 Å². The zero-order valence-electron chi connectivity index (χ0n) is 12.0. The third kappa shape index (κ3) is 2.78. The number of nitrogens with one attached hydrogen (secondary N) is 2. The molecule has 0 saturated heterocycles. The van der Waals surface area contributed by atoms with Crippen molar-refractivity contribution in [3.63, 3.8) is 0 Å². The summed E-state index contributed by atoms with van der Waals surface area (Å²) in [7, 11) is 0. The fraction of sp³-hybridized carbons (Fsp3) is 0.118. The largest absolute Gasteiger partial charge is 0.492 e. The van der Waals surface area contributed by atoms with Gasteiger partial charge in [0.25, 0.3) is 5.91 Å². The molecule has 0 aliphatic carbocycles. The molecule has 0 unspecified atom stereocenters. The topological polar surface area (TPSA) is 54.1 Å². The molecule has 0 aliphatic rings. The Morgan fingerprint density at radius 1 is 1.23 bits per heavy atom. The molecule has 0 bridgehead atoms. The van der Waals surface area contributed by atoms with Crippen molar-refractivity contribution in [3.8, 4) is 5.75 Å². The van der Waals surface area contributed by atoms with E-state index in [1.54, 1.807) is 18.2 Å². The molecule has 3 rings (SSSR count). The van der Waals surface area contributed by atoms with Gasteiger partial charge in [0, 0.05) is 5.39 Å². The van der Waals surface area contributed by atoms with Gasteiger partial charge in [0.2, 0.25) is 0 Å². The maximum Gasteiger partial charge on any atom is 0.272 e. The van der Waals surface area contributed by atoms with Gasteiger partial charge in [-0.05, 0) is 31.2 Å². The van der Waals surface area contributed by atoms with Crippen LogP contribution in [0.2, 0.25) is 5.02 Å². The number of H-pyrrole nitrogens is 1. The molecule has 0 radical (unpaired) electrons. The van der Waals surface area contributed by atoms with Gasteiger partial charge in [-0.25, -0.2) is 0 Å². The molecular formula is C17H15ClN2O2. The Morgan fingerprint density at radius 3 is 2.82 bits per heavy atom. The third-order valence-corrected chi connectivity index (χ3v) is 3.60. The number of ether oxygens (including phenoxy) is 1. The van der Waals surface area contributed by atoms with Crippen molar-refractivity contribution in [2.24, 2.45) is 0 Å². The lowest BCUT2D eigenvalue weighted by Gasteiger charge is -2.10. The summed E-state index contributed by atoms with van der Waals surface area (Å²) in [6, 6.07) is 14.7. The van der Waals surface area contributed by atoms with E-state index >= 15 is 0 Å². The predicted octanol–water partition coefficient (Wildman–Crippen LogP) is 4.47. The normalized spacial score (nSPS) is 10.6. The summed E-state index contributed by atoms with van der Waals surface area (Å²) in [5.41, 5.74) is 1.85. The van der Waals surface area contributed by atoms with Crippen LogP contribution in [-0.4, -0.2) is 17.5 Å². The molecule has 1 aromatic heterocycles. The van der Waals surface area contributed by atoms with Crippen LogP contribution >= 0.6 is 11.6 Å². The molecule has 2 N–H and O–H groups in total. The van der Waals surface area contributed by atoms with E-state index in [0.717, 1.165) is 10.9 Å². The molecule has 1 heterocycles. The molecule has 5 heteroatoms. The van der Waals surface area contributed by atoms with Crippen molar-refractivity contribution in [2.75, 3.05) is 11.9 Å². The molecule has 3 aromatic rings. The lowest BCUT2D eigenvalue weighted by molar-refractivity contribution is 0.102. The monoisotopic (exact) mass is 314 g/mol. The molecule has 4 nitrogen and oxygen atoms in total. The first-order valence-electron chi connectivity index (χ1n) is 6.99. The van der Waals surface area contributed by atoms with E-state index in [1.165, 1.54) is 0 Å². The number of anilines is 1. The van der Waals surface area contributed by atoms with Gasteiger partial charge in [0.15, 0.2) is 0 Å². The second-order valence-electron chi connectivity index (χ2n) is 4.77. The van der Waals surface area contributed by atoms with Gasteiger partial charge >= 0.3 is 0 Å². The fourth-order valence-electron chi connectivity index (χ4n) is 2.28. The van der Waals surface area contributed by atoms with Crippen molar-refractivity contribution >= 4 is 34.1 Å². The smallest absolute Gasteiger partial charge is 0.272 e. The number of carbonyl (C=O) groups excluding carboxylic acids is 1. The van der Waals surface area contributed by atoms with Crippen molar-refractivity contribution in [3.05, 3.63) is 59.2 Å². The van der Waals surface area contributed by atoms with E-state index < -0.39 is 0 Å². The van der Waals surface area contributed by atoms with E-state index in [1.807, 2.05) is 37.3 Å². The zero-order valence-corrected chi connectivity index (χ0v) is 12.8. The van der Waals surface area contributed by atoms with Crippen LogP contribution in [-0.2, 0) is 0 Å². The Labute approximate surface area is 133 Å². The maximum absolute atomic E-state index is 12.4. The summed E-state index contributed by atoms with van der Waals surface area (Å²) < 4.78 is 5.51. The van der Waals surface area contributed by atoms with Crippen LogP contribution in [0, 0.1) is 0 Å². The number of aromatic nitrogens is 1. The molecule has 0 aliphatic heterocycles. The van der Waals surface area contributed by atoms with Crippen molar-refractivity contribution in [1.82, 2.24) is 4.98 Å². The average molecular weight is 315 g/mol. The highest BCUT2D eigenvalue weighted by Crippen LogP contribution is 2.26. The molecule has 22 heavy (non-hydrogen) atoms. The number of halogens is 1. The van der Waals surface area contributed by atoms with Gasteiger partial charge in [-0.3, -0.25) is 4.79 Å². The lowest BCUT2D eigenvalue weighted by atomic mass is 10.2. The Balaban J connectivity index is 1.89. The van der Waals surface area contributed by atoms with E-state index in [-0.39, 0.29) is 5.91 Å². The molecular weight excluding hydrogens is 300 g/mol. The van der Waals surface area contributed by atoms with E-state index in [2.05, 4.69) is 10.3 Å². The first-order valence-corrected chi connectivity index (χ1v) is 7.37. The molecule has 0 saturated carbocycles. The SMILES string of the molecule is CCOc1ccccc1NC(=O)c1cc2cccc(Cl)c2[nH]1. The van der Waals surface area contributed by atoms with Gasteiger partial charge in [-0.15, -0.1) is 0 Å². The van der Waals surface area contributed by atoms with Crippen LogP contribution in [0.3, 0.4) is 0 Å². The second-order valence-corrected chi connectivity index (χ2v) is 5.18. The number of aromatic amines is 1. The number of benzene rings is 2. The molecule has 0 spiro atoms. The minimum atomic E-state index is -0.237. The standard InChI is InChI=1S/C17H15ClN2O2/c1-2-22-15-9-4-3-8-13(15)20-17(21)14-10-11-6-5-7-12(18)16(11)19-14/h3-10,19H,2H2,1H3,(H,20,21). The minimum Gasteiger partial charge on any atom is -0.492 e. The Kier molecular flexibility index (Phi) is 4.02. The number of hydrogen-bond acceptors (Lipinski definition) is 2. The summed E-state index contributed by atoms with van der Waals surface area (Å²) in [5.74, 6) is 0.409. The number of para-hydroxylation sites is 3. The molecule has 0 fully saturated rings. The quantitative estimate of drug-likeness (QED) is 0.746. The average Bonchev–Trinajstić information content (AvgIpc) is 2.95. The fourth-order valence-corrected chi connectivity index (χ4v) is 2.51. The highest BCUT2D eigenvalue weighted by molar-refractivity contribution is 6.35. The zero-order chi connectivity index (χ0) is 15.5. The van der Waals surface area contributed by atoms with Crippen LogP contribution in [0.15, 0.2) is 48.5 Å². The summed E-state index contributed by atoms with van der Waals surface area (Å²) in [6.45, 7) is 2.44. The number of rotatable bonds is 4. The third-order valence-electron chi connectivity index (χ3n) is 3.29. The van der Waals surface area contributed by atoms with Gasteiger partial charge in [-0.2, -0.15) is 0 Å². The Morgan fingerprint density at radius 2 is 2.05 bits per heavy atom. The predicted molar refractivity (Wildman–Crippen MR) is 88.9 cm³/mol. The van der Waals surface area contributed by atoms with Gasteiger partial charge < -0.3 is 15.0 Å². The van der Waals surface area contributed by atoms with E-state index in [9.17, 15) is 4.79 Å². The van der Waals surface area contributed by atoms with Crippen molar-refractivity contribution in [2.45, 2.75) is 6.92 Å². The maximum atomic E-state index is 12.4. The lowest BCUT2D eigenvalue weighted by Crippen LogP contribution is -2.13. The van der Waals surface area contributed by atoms with Crippen molar-refractivity contribution < 1.29 is 9.53 Å². The van der Waals surface area contributed by atoms with Gasteiger partial charge in [-0.1, -0.05) is 35.9 Å². The molecule has 1 amide bonds. The number of fused-ring (bicyclic) bond motifs is 1. The van der Waals surface area contributed by atoms with Gasteiger partial charge in [0.05, 0.1) is 22.8 Å². The van der Waals surface area contributed by atoms with Crippen LogP contribution in [0.5, 0.6) is 5.75 Å². The molecule has 112 valence electrons. The minimum absolute atomic E-state index is 0.237. The number of carbonyl (C=O) groups is 1. The molecule has 2 aromatic carbocycles. The van der Waals surface area contributed by atoms with Crippen LogP contribution < -0.4 is 10.1 Å².